The molecule has 2 nitrogen and oxygen atoms in total. The summed E-state index contributed by atoms with van der Waals surface area (Å²) in [6.45, 7) is 0. The predicted octanol–water partition coefficient (Wildman–Crippen LogP) is 4.41. The predicted molar refractivity (Wildman–Crippen MR) is 89.6 cm³/mol. The van der Waals surface area contributed by atoms with E-state index in [-0.39, 0.29) is 5.91 Å². The zero-order valence-electron chi connectivity index (χ0n) is 10.3. The van der Waals surface area contributed by atoms with Gasteiger partial charge in [-0.25, -0.2) is 0 Å². The molecular formula is C15H14INOS. The summed E-state index contributed by atoms with van der Waals surface area (Å²) >= 11 is 3.92. The first-order chi connectivity index (χ1) is 9.25. The summed E-state index contributed by atoms with van der Waals surface area (Å²) in [7, 11) is 0. The third-order valence-electron chi connectivity index (χ3n) is 2.49. The van der Waals surface area contributed by atoms with Gasteiger partial charge in [0.05, 0.1) is 5.69 Å². The molecule has 98 valence electrons. The fourth-order valence-corrected chi connectivity index (χ4v) is 2.95. The van der Waals surface area contributed by atoms with E-state index in [1.807, 2.05) is 42.5 Å². The molecular weight excluding hydrogens is 369 g/mol. The van der Waals surface area contributed by atoms with E-state index in [2.05, 4.69) is 40.0 Å². The Labute approximate surface area is 131 Å². The van der Waals surface area contributed by atoms with E-state index in [1.165, 1.54) is 4.90 Å². The molecule has 0 aliphatic rings. The Balaban J connectivity index is 1.78. The van der Waals surface area contributed by atoms with E-state index in [0.29, 0.717) is 6.42 Å². The van der Waals surface area contributed by atoms with Crippen molar-refractivity contribution in [2.24, 2.45) is 0 Å². The Morgan fingerprint density at radius 2 is 1.74 bits per heavy atom. The van der Waals surface area contributed by atoms with Gasteiger partial charge in [0.25, 0.3) is 0 Å². The number of amides is 1. The third-order valence-corrected chi connectivity index (χ3v) is 4.44. The largest absolute Gasteiger partial charge is 0.325 e. The first-order valence-corrected chi connectivity index (χ1v) is 8.04. The number of halogens is 1. The lowest BCUT2D eigenvalue weighted by atomic mass is 10.3. The van der Waals surface area contributed by atoms with Crippen LogP contribution in [0.3, 0.4) is 0 Å². The maximum absolute atomic E-state index is 11.8. The minimum Gasteiger partial charge on any atom is -0.325 e. The summed E-state index contributed by atoms with van der Waals surface area (Å²) in [5, 5.41) is 2.94. The first-order valence-electron chi connectivity index (χ1n) is 5.98. The molecule has 0 aromatic heterocycles. The van der Waals surface area contributed by atoms with Gasteiger partial charge in [-0.2, -0.15) is 0 Å². The number of rotatable bonds is 5. The van der Waals surface area contributed by atoms with Gasteiger partial charge in [-0.3, -0.25) is 4.79 Å². The summed E-state index contributed by atoms with van der Waals surface area (Å²) in [6, 6.07) is 17.9. The minimum absolute atomic E-state index is 0.0625. The number of carbonyl (C=O) groups is 1. The van der Waals surface area contributed by atoms with Gasteiger partial charge in [-0.05, 0) is 46.9 Å². The van der Waals surface area contributed by atoms with Gasteiger partial charge >= 0.3 is 0 Å². The van der Waals surface area contributed by atoms with Crippen LogP contribution in [0.25, 0.3) is 0 Å². The Kier molecular flexibility index (Phi) is 5.72. The standard InChI is InChI=1S/C15H14INOS/c16-13-8-4-5-9-14(13)17-15(18)10-11-19-12-6-2-1-3-7-12/h1-9H,10-11H2,(H,17,18). The van der Waals surface area contributed by atoms with Gasteiger partial charge in [0.15, 0.2) is 0 Å². The van der Waals surface area contributed by atoms with Crippen molar-refractivity contribution in [2.75, 3.05) is 11.1 Å². The van der Waals surface area contributed by atoms with Crippen molar-refractivity contribution in [1.82, 2.24) is 0 Å². The molecule has 0 saturated carbocycles. The number of anilines is 1. The Morgan fingerprint density at radius 3 is 2.47 bits per heavy atom. The normalized spacial score (nSPS) is 10.2. The van der Waals surface area contributed by atoms with Crippen LogP contribution in [0, 0.1) is 3.57 Å². The SMILES string of the molecule is O=C(CCSc1ccccc1)Nc1ccccc1I. The fraction of sp³-hybridized carbons (Fsp3) is 0.133. The molecule has 0 atom stereocenters. The summed E-state index contributed by atoms with van der Waals surface area (Å²) in [5.41, 5.74) is 0.887. The van der Waals surface area contributed by atoms with Crippen molar-refractivity contribution >= 4 is 45.9 Å². The summed E-state index contributed by atoms with van der Waals surface area (Å²) in [5.74, 6) is 0.853. The molecule has 1 N–H and O–H groups in total. The van der Waals surface area contributed by atoms with Crippen LogP contribution in [0.5, 0.6) is 0 Å². The second-order valence-corrected chi connectivity index (χ2v) is 6.27. The maximum Gasteiger partial charge on any atom is 0.225 e. The second kappa shape index (κ2) is 7.55. The van der Waals surface area contributed by atoms with Gasteiger partial charge in [0, 0.05) is 20.6 Å². The molecule has 0 heterocycles. The number of para-hydroxylation sites is 1. The summed E-state index contributed by atoms with van der Waals surface area (Å²) < 4.78 is 1.06. The summed E-state index contributed by atoms with van der Waals surface area (Å²) in [6.07, 6.45) is 0.518. The van der Waals surface area contributed by atoms with Crippen molar-refractivity contribution < 1.29 is 4.79 Å². The molecule has 0 bridgehead atoms. The van der Waals surface area contributed by atoms with Crippen LogP contribution in [-0.4, -0.2) is 11.7 Å². The van der Waals surface area contributed by atoms with Crippen LogP contribution in [0.2, 0.25) is 0 Å². The van der Waals surface area contributed by atoms with Crippen molar-refractivity contribution in [3.63, 3.8) is 0 Å². The molecule has 2 rings (SSSR count). The second-order valence-electron chi connectivity index (χ2n) is 3.94. The number of hydrogen-bond donors (Lipinski definition) is 1. The molecule has 0 aliphatic carbocycles. The van der Waals surface area contributed by atoms with Crippen LogP contribution in [-0.2, 0) is 4.79 Å². The minimum atomic E-state index is 0.0625. The highest BCUT2D eigenvalue weighted by atomic mass is 127. The van der Waals surface area contributed by atoms with E-state index in [4.69, 9.17) is 0 Å². The third kappa shape index (κ3) is 4.87. The van der Waals surface area contributed by atoms with Crippen LogP contribution in [0.15, 0.2) is 59.5 Å². The van der Waals surface area contributed by atoms with Crippen molar-refractivity contribution in [3.8, 4) is 0 Å². The molecule has 0 unspecified atom stereocenters. The zero-order chi connectivity index (χ0) is 13.5. The first kappa shape index (κ1) is 14.4. The Morgan fingerprint density at radius 1 is 1.05 bits per heavy atom. The van der Waals surface area contributed by atoms with Crippen LogP contribution < -0.4 is 5.32 Å². The molecule has 4 heteroatoms. The van der Waals surface area contributed by atoms with Crippen molar-refractivity contribution in [2.45, 2.75) is 11.3 Å². The molecule has 0 spiro atoms. The van der Waals surface area contributed by atoms with Crippen LogP contribution in [0.1, 0.15) is 6.42 Å². The van der Waals surface area contributed by atoms with E-state index in [0.717, 1.165) is 15.0 Å². The molecule has 2 aromatic rings. The lowest BCUT2D eigenvalue weighted by Gasteiger charge is -2.07. The monoisotopic (exact) mass is 383 g/mol. The maximum atomic E-state index is 11.8. The molecule has 19 heavy (non-hydrogen) atoms. The van der Waals surface area contributed by atoms with Gasteiger partial charge in [0.1, 0.15) is 0 Å². The topological polar surface area (TPSA) is 29.1 Å². The van der Waals surface area contributed by atoms with Crippen LogP contribution >= 0.6 is 34.4 Å². The van der Waals surface area contributed by atoms with Gasteiger partial charge in [-0.1, -0.05) is 30.3 Å². The number of nitrogens with one attached hydrogen (secondary N) is 1. The molecule has 0 aliphatic heterocycles. The lowest BCUT2D eigenvalue weighted by molar-refractivity contribution is -0.115. The van der Waals surface area contributed by atoms with E-state index in [9.17, 15) is 4.79 Å². The van der Waals surface area contributed by atoms with E-state index >= 15 is 0 Å². The average molecular weight is 383 g/mol. The molecule has 0 radical (unpaired) electrons. The quantitative estimate of drug-likeness (QED) is 0.612. The van der Waals surface area contributed by atoms with E-state index in [1.54, 1.807) is 11.8 Å². The summed E-state index contributed by atoms with van der Waals surface area (Å²) in [4.78, 5) is 13.0. The zero-order valence-corrected chi connectivity index (χ0v) is 13.3. The lowest BCUT2D eigenvalue weighted by Crippen LogP contribution is -2.12. The average Bonchev–Trinajstić information content (AvgIpc) is 2.43. The fourth-order valence-electron chi connectivity index (χ4n) is 1.55. The number of thioether (sulfide) groups is 1. The molecule has 1 amide bonds. The highest BCUT2D eigenvalue weighted by Crippen LogP contribution is 2.19. The number of hydrogen-bond acceptors (Lipinski definition) is 2. The van der Waals surface area contributed by atoms with E-state index < -0.39 is 0 Å². The molecule has 0 fully saturated rings. The van der Waals surface area contributed by atoms with Gasteiger partial charge in [-0.15, -0.1) is 11.8 Å². The van der Waals surface area contributed by atoms with Crippen LogP contribution in [0.4, 0.5) is 5.69 Å². The van der Waals surface area contributed by atoms with Crippen molar-refractivity contribution in [3.05, 3.63) is 58.2 Å². The Hall–Kier alpha value is -1.01. The smallest absolute Gasteiger partial charge is 0.225 e. The van der Waals surface area contributed by atoms with Gasteiger partial charge in [0.2, 0.25) is 5.91 Å². The number of benzene rings is 2. The number of carbonyl (C=O) groups excluding carboxylic acids is 1. The molecule has 0 saturated heterocycles. The Bertz CT molecular complexity index is 545. The van der Waals surface area contributed by atoms with Crippen molar-refractivity contribution in [1.29, 1.82) is 0 Å². The highest BCUT2D eigenvalue weighted by Gasteiger charge is 2.05. The molecule has 2 aromatic carbocycles. The highest BCUT2D eigenvalue weighted by molar-refractivity contribution is 14.1. The van der Waals surface area contributed by atoms with Gasteiger partial charge < -0.3 is 5.32 Å².